The lowest BCUT2D eigenvalue weighted by molar-refractivity contribution is -0.545. The van der Waals surface area contributed by atoms with Crippen LogP contribution in [0.3, 0.4) is 0 Å². The molecule has 0 bridgehead atoms. The van der Waals surface area contributed by atoms with Crippen LogP contribution in [0.4, 0.5) is 17.3 Å². The van der Waals surface area contributed by atoms with Crippen LogP contribution in [-0.4, -0.2) is 124 Å². The molecule has 0 rings (SSSR count). The van der Waals surface area contributed by atoms with E-state index in [1.807, 2.05) is 0 Å². The first kappa shape index (κ1) is 28.4. The fraction of sp³-hybridized carbons (Fsp3) is 1.00. The summed E-state index contributed by atoms with van der Waals surface area (Å²) in [4.78, 5) is 0. The first-order chi connectivity index (χ1) is 11.4. The van der Waals surface area contributed by atoms with E-state index >= 15 is 0 Å². The van der Waals surface area contributed by atoms with E-state index in [2.05, 4.69) is 117 Å². The van der Waals surface area contributed by atoms with Gasteiger partial charge in [0.05, 0.1) is 0 Å². The molecule has 0 spiro atoms. The Morgan fingerprint density at radius 2 is 0.846 bits per heavy atom. The first-order valence-electron chi connectivity index (χ1n) is 7.84. The molecular weight excluding hydrogens is 391 g/mol. The van der Waals surface area contributed by atoms with Crippen molar-refractivity contribution in [1.29, 1.82) is 0 Å². The summed E-state index contributed by atoms with van der Waals surface area (Å²) in [5.41, 5.74) is 0. The van der Waals surface area contributed by atoms with Gasteiger partial charge in [0.2, 0.25) is 0 Å². The third-order valence-corrected chi connectivity index (χ3v) is 10.4. The minimum atomic E-state index is -6.00. The third kappa shape index (κ3) is 8.06. The fourth-order valence-electron chi connectivity index (χ4n) is 2.74. The van der Waals surface area contributed by atoms with E-state index in [0.29, 0.717) is 0 Å². The van der Waals surface area contributed by atoms with Gasteiger partial charge in [0.25, 0.3) is 0 Å². The van der Waals surface area contributed by atoms with Crippen LogP contribution in [0.5, 0.6) is 0 Å². The van der Waals surface area contributed by atoms with Gasteiger partial charge in [-0.1, -0.05) is 9.22 Å². The number of hydrogen-bond donors (Lipinski definition) is 0. The third-order valence-electron chi connectivity index (χ3n) is 3.08. The molecule has 26 heavy (non-hydrogen) atoms. The molecule has 0 heterocycles. The number of halogens is 4. The van der Waals surface area contributed by atoms with Crippen molar-refractivity contribution >= 4 is 23.1 Å². The van der Waals surface area contributed by atoms with Gasteiger partial charge in [-0.15, -0.1) is 0 Å². The predicted molar refractivity (Wildman–Crippen MR) is 106 cm³/mol. The lowest BCUT2D eigenvalue weighted by Crippen LogP contribution is -2.42. The van der Waals surface area contributed by atoms with Gasteiger partial charge < -0.3 is 17.3 Å². The molecule has 0 fully saturated rings. The lowest BCUT2D eigenvalue weighted by atomic mass is 10.3. The van der Waals surface area contributed by atoms with Gasteiger partial charge in [-0.25, -0.2) is 23.4 Å². The van der Waals surface area contributed by atoms with Crippen LogP contribution < -0.4 is 0 Å². The summed E-state index contributed by atoms with van der Waals surface area (Å²) in [6.07, 6.45) is 0. The summed E-state index contributed by atoms with van der Waals surface area (Å²) >= 11 is 0. The largest absolute Gasteiger partial charge is 0.673 e. The van der Waals surface area contributed by atoms with Crippen LogP contribution in [0.2, 0.25) is 0 Å². The maximum Gasteiger partial charge on any atom is 0.673 e. The van der Waals surface area contributed by atoms with Gasteiger partial charge in [0, 0.05) is 14.1 Å². The van der Waals surface area contributed by atoms with Gasteiger partial charge >= 0.3 is 23.1 Å². The molecule has 0 amide bonds. The second kappa shape index (κ2) is 11.3. The zero-order valence-electron chi connectivity index (χ0n) is 18.1. The molecule has 0 unspecified atom stereocenters. The quantitative estimate of drug-likeness (QED) is 0.268. The predicted octanol–water partition coefficient (Wildman–Crippen LogP) is 2.76. The van der Waals surface area contributed by atoms with E-state index in [0.717, 1.165) is 0 Å². The Morgan fingerprint density at radius 3 is 0.962 bits per heavy atom. The second-order valence-electron chi connectivity index (χ2n) is 6.65. The van der Waals surface area contributed by atoms with Crippen LogP contribution in [-0.2, 0) is 0 Å². The van der Waals surface area contributed by atoms with Crippen LogP contribution in [0, 0.1) is 0 Å². The zero-order valence-corrected chi connectivity index (χ0v) is 19.9. The SMILES string of the molecule is CN(C)[N+](P(N(C)C)N(C)C)=P(N(C)C)(N(C)C)N(C)C.F[B-](F)(F)F. The average Bonchev–Trinajstić information content (AvgIpc) is 2.33. The first-order valence-corrected chi connectivity index (χ1v) is 10.6. The number of rotatable bonds is 7. The van der Waals surface area contributed by atoms with Crippen molar-refractivity contribution in [2.24, 2.45) is 0 Å². The Labute approximate surface area is 158 Å². The van der Waals surface area contributed by atoms with Gasteiger partial charge in [-0.3, -0.25) is 0 Å². The van der Waals surface area contributed by atoms with Crippen LogP contribution >= 0.6 is 15.9 Å². The average molecular weight is 427 g/mol. The summed E-state index contributed by atoms with van der Waals surface area (Å²) < 4.78 is 53.2. The van der Waals surface area contributed by atoms with E-state index < -0.39 is 23.1 Å². The fourth-order valence-corrected chi connectivity index (χ4v) is 11.3. The summed E-state index contributed by atoms with van der Waals surface area (Å²) in [5.74, 6) is 0. The van der Waals surface area contributed by atoms with E-state index in [1.165, 1.54) is 0 Å². The highest BCUT2D eigenvalue weighted by atomic mass is 31.2. The highest BCUT2D eigenvalue weighted by Crippen LogP contribution is 2.61. The number of hydrazine groups is 1. The van der Waals surface area contributed by atoms with Crippen molar-refractivity contribution in [2.45, 2.75) is 0 Å². The van der Waals surface area contributed by atoms with E-state index in [-0.39, 0.29) is 0 Å². The van der Waals surface area contributed by atoms with Gasteiger partial charge in [0.1, 0.15) is 0 Å². The monoisotopic (exact) mass is 427 g/mol. The van der Waals surface area contributed by atoms with Crippen molar-refractivity contribution in [3.05, 3.63) is 0 Å². The Bertz CT molecular complexity index is 428. The Hall–Kier alpha value is 0.205. The topological polar surface area (TPSA) is 22.5 Å². The molecule has 0 saturated carbocycles. The molecule has 0 aliphatic rings. The van der Waals surface area contributed by atoms with Crippen LogP contribution in [0.1, 0.15) is 0 Å². The minimum Gasteiger partial charge on any atom is -0.418 e. The zero-order chi connectivity index (χ0) is 21.6. The molecule has 0 aromatic carbocycles. The molecule has 160 valence electrons. The molecule has 0 aliphatic carbocycles. The van der Waals surface area contributed by atoms with Crippen LogP contribution in [0.15, 0.2) is 0 Å². The van der Waals surface area contributed by atoms with Crippen molar-refractivity contribution in [2.75, 3.05) is 84.6 Å². The summed E-state index contributed by atoms with van der Waals surface area (Å²) in [7, 11) is 17.4. The lowest BCUT2D eigenvalue weighted by Gasteiger charge is -2.41. The molecule has 0 saturated heterocycles. The van der Waals surface area contributed by atoms with Crippen molar-refractivity contribution in [1.82, 2.24) is 28.4 Å². The number of nitrogens with zero attached hydrogens (tertiary/aromatic N) is 7. The highest BCUT2D eigenvalue weighted by Gasteiger charge is 2.47. The number of hydrogen-bond acceptors (Lipinski definition) is 2. The molecular formula is C12H36BF4N7P2. The molecule has 14 heteroatoms. The normalized spacial score (nSPS) is 13.5. The van der Waals surface area contributed by atoms with Crippen molar-refractivity contribution < 1.29 is 21.5 Å². The summed E-state index contributed by atoms with van der Waals surface area (Å²) in [6.45, 7) is 0. The van der Waals surface area contributed by atoms with Gasteiger partial charge in [-0.05, 0) is 70.5 Å². The molecule has 0 aliphatic heterocycles. The van der Waals surface area contributed by atoms with Crippen molar-refractivity contribution in [3.63, 3.8) is 0 Å². The molecule has 7 nitrogen and oxygen atoms in total. The van der Waals surface area contributed by atoms with E-state index in [1.54, 1.807) is 0 Å². The molecule has 0 aromatic heterocycles. The van der Waals surface area contributed by atoms with Crippen LogP contribution in [0.25, 0.3) is 0 Å². The molecule has 0 aromatic rings. The Kier molecular flexibility index (Phi) is 12.3. The molecule has 0 radical (unpaired) electrons. The Morgan fingerprint density at radius 1 is 0.615 bits per heavy atom. The Balaban J connectivity index is 0. The minimum absolute atomic E-state index is 0.617. The van der Waals surface area contributed by atoms with Gasteiger partial charge in [0.15, 0.2) is 0 Å². The standard InChI is InChI=1S/C12H36N7P2.BF4/c1-13(2)19(20(14(3)4)15(5)6)21(16(7)8,17(9)10)18(11)12;2-1(3,4)5/h1-12H3;/q+1;-1. The van der Waals surface area contributed by atoms with Crippen molar-refractivity contribution in [3.8, 4) is 0 Å². The maximum absolute atomic E-state index is 9.75. The summed E-state index contributed by atoms with van der Waals surface area (Å²) in [6, 6.07) is 0. The van der Waals surface area contributed by atoms with Gasteiger partial charge in [-0.2, -0.15) is 0 Å². The van der Waals surface area contributed by atoms with E-state index in [4.69, 9.17) is 0 Å². The molecule has 0 atom stereocenters. The van der Waals surface area contributed by atoms with E-state index in [9.17, 15) is 17.3 Å². The highest BCUT2D eigenvalue weighted by molar-refractivity contribution is 7.61. The maximum atomic E-state index is 9.75. The smallest absolute Gasteiger partial charge is 0.418 e. The second-order valence-corrected chi connectivity index (χ2v) is 13.3. The summed E-state index contributed by atoms with van der Waals surface area (Å²) in [5, 5.41) is 2.24. The molecule has 0 N–H and O–H groups in total.